The molecule has 1 aliphatic carbocycles. The van der Waals surface area contributed by atoms with Crippen molar-refractivity contribution in [1.82, 2.24) is 0 Å². The van der Waals surface area contributed by atoms with E-state index in [4.69, 9.17) is 14.2 Å². The van der Waals surface area contributed by atoms with Crippen LogP contribution in [0.5, 0.6) is 0 Å². The number of allylic oxidation sites excluding steroid dienone is 3. The van der Waals surface area contributed by atoms with E-state index in [-0.39, 0.29) is 17.3 Å². The van der Waals surface area contributed by atoms with Crippen LogP contribution in [0.3, 0.4) is 0 Å². The van der Waals surface area contributed by atoms with Gasteiger partial charge < -0.3 is 14.2 Å². The van der Waals surface area contributed by atoms with Crippen molar-refractivity contribution in [2.45, 2.75) is 36.3 Å². The number of alkyl halides is 9. The summed E-state index contributed by atoms with van der Waals surface area (Å²) >= 11 is 0. The summed E-state index contributed by atoms with van der Waals surface area (Å²) in [4.78, 5) is 0. The summed E-state index contributed by atoms with van der Waals surface area (Å²) in [6.07, 6.45) is -14.1. The van der Waals surface area contributed by atoms with Crippen LogP contribution in [0.25, 0.3) is 17.3 Å². The molecule has 6 aromatic rings. The van der Waals surface area contributed by atoms with Gasteiger partial charge in [-0.1, -0.05) is 127 Å². The van der Waals surface area contributed by atoms with Crippen LogP contribution in [0.15, 0.2) is 181 Å². The molecule has 324 valence electrons. The zero-order chi connectivity index (χ0) is 45.1. The largest absolute Gasteiger partial charge is 0.496 e. The highest BCUT2D eigenvalue weighted by molar-refractivity contribution is 5.82. The third kappa shape index (κ3) is 9.12. The van der Waals surface area contributed by atoms with Crippen molar-refractivity contribution < 1.29 is 53.7 Å². The second kappa shape index (κ2) is 18.0. The predicted molar refractivity (Wildman–Crippen MR) is 224 cm³/mol. The maximum atomic E-state index is 14.2. The molecule has 3 nitrogen and oxygen atoms in total. The Morgan fingerprint density at radius 2 is 0.524 bits per heavy atom. The Bertz CT molecular complexity index is 2280. The third-order valence-corrected chi connectivity index (χ3v) is 11.1. The van der Waals surface area contributed by atoms with Crippen LogP contribution >= 0.6 is 0 Å². The van der Waals surface area contributed by atoms with Gasteiger partial charge in [0.05, 0.1) is 38.0 Å². The number of ether oxygens (including phenoxy) is 3. The van der Waals surface area contributed by atoms with Gasteiger partial charge in [-0.25, -0.2) is 0 Å². The van der Waals surface area contributed by atoms with E-state index in [2.05, 4.69) is 0 Å². The Hall–Kier alpha value is -6.69. The molecule has 0 amide bonds. The molecule has 0 aliphatic heterocycles. The van der Waals surface area contributed by atoms with E-state index in [0.717, 1.165) is 36.4 Å². The van der Waals surface area contributed by atoms with Crippen molar-refractivity contribution in [3.05, 3.63) is 231 Å². The van der Waals surface area contributed by atoms with Gasteiger partial charge in [-0.15, -0.1) is 0 Å². The Morgan fingerprint density at radius 3 is 0.698 bits per heavy atom. The minimum atomic E-state index is -4.71. The summed E-state index contributed by atoms with van der Waals surface area (Å²) < 4.78 is 147. The quantitative estimate of drug-likeness (QED) is 0.107. The lowest BCUT2D eigenvalue weighted by Crippen LogP contribution is -2.31. The molecular weight excluding hydrogens is 832 g/mol. The van der Waals surface area contributed by atoms with E-state index in [9.17, 15) is 39.5 Å². The first-order valence-corrected chi connectivity index (χ1v) is 19.6. The first-order valence-electron chi connectivity index (χ1n) is 19.6. The Labute approximate surface area is 358 Å². The normalized spacial score (nSPS) is 17.0. The minimum absolute atomic E-state index is 0.235. The van der Waals surface area contributed by atoms with Crippen LogP contribution in [-0.2, 0) is 32.7 Å². The van der Waals surface area contributed by atoms with Gasteiger partial charge in [-0.2, -0.15) is 39.5 Å². The van der Waals surface area contributed by atoms with Crippen LogP contribution in [0.1, 0.15) is 67.8 Å². The molecule has 63 heavy (non-hydrogen) atoms. The summed E-state index contributed by atoms with van der Waals surface area (Å²) in [5.74, 6) is -2.64. The molecule has 7 rings (SSSR count). The number of benzene rings is 6. The molecule has 0 saturated heterocycles. The molecule has 1 aliphatic rings. The lowest BCUT2D eigenvalue weighted by atomic mass is 9.58. The van der Waals surface area contributed by atoms with Crippen LogP contribution in [-0.4, -0.2) is 21.3 Å². The highest BCUT2D eigenvalue weighted by Crippen LogP contribution is 2.62. The first kappa shape index (κ1) is 44.4. The highest BCUT2D eigenvalue weighted by Gasteiger charge is 2.49. The number of hydrogen-bond donors (Lipinski definition) is 0. The van der Waals surface area contributed by atoms with Crippen LogP contribution in [0.2, 0.25) is 0 Å². The molecular formula is C51H39F9O3. The maximum absolute atomic E-state index is 14.2. The fourth-order valence-corrected chi connectivity index (χ4v) is 8.44. The van der Waals surface area contributed by atoms with Crippen molar-refractivity contribution in [2.75, 3.05) is 21.3 Å². The molecule has 0 heterocycles. The summed E-state index contributed by atoms with van der Waals surface area (Å²) in [6.45, 7) is 0. The SMILES string of the molecule is COC(=C1C(c2ccc(C(F)(F)F)cc2)C(=C(OC)c2ccccc2)C(c2ccc(C(F)(F)F)cc2)C(=C(OC)c2ccccc2)C1c1ccc(C(F)(F)F)cc1)c1ccccc1. The Morgan fingerprint density at radius 1 is 0.317 bits per heavy atom. The monoisotopic (exact) mass is 870 g/mol. The average molecular weight is 871 g/mol. The van der Waals surface area contributed by atoms with E-state index in [0.29, 0.717) is 50.1 Å². The van der Waals surface area contributed by atoms with Gasteiger partial charge in [-0.3, -0.25) is 0 Å². The molecule has 0 aromatic heterocycles. The Balaban J connectivity index is 1.76. The number of hydrogen-bond acceptors (Lipinski definition) is 3. The second-order valence-corrected chi connectivity index (χ2v) is 14.7. The fourth-order valence-electron chi connectivity index (χ4n) is 8.44. The van der Waals surface area contributed by atoms with E-state index in [1.165, 1.54) is 57.7 Å². The molecule has 0 spiro atoms. The zero-order valence-electron chi connectivity index (χ0n) is 33.9. The van der Waals surface area contributed by atoms with Gasteiger partial charge in [0, 0.05) is 34.4 Å². The van der Waals surface area contributed by atoms with E-state index >= 15 is 0 Å². The molecule has 6 aromatic carbocycles. The van der Waals surface area contributed by atoms with Crippen molar-refractivity contribution in [2.24, 2.45) is 0 Å². The Kier molecular flexibility index (Phi) is 12.6. The summed E-state index contributed by atoms with van der Waals surface area (Å²) in [5.41, 5.74) is 0.802. The molecule has 1 fully saturated rings. The van der Waals surface area contributed by atoms with Crippen molar-refractivity contribution >= 4 is 17.3 Å². The van der Waals surface area contributed by atoms with E-state index in [1.54, 1.807) is 91.0 Å². The van der Waals surface area contributed by atoms with Crippen LogP contribution in [0, 0.1) is 0 Å². The summed E-state index contributed by atoms with van der Waals surface area (Å²) in [7, 11) is 4.25. The van der Waals surface area contributed by atoms with Gasteiger partial charge in [0.15, 0.2) is 0 Å². The van der Waals surface area contributed by atoms with Crippen LogP contribution < -0.4 is 0 Å². The molecule has 0 atom stereocenters. The van der Waals surface area contributed by atoms with Crippen LogP contribution in [0.4, 0.5) is 39.5 Å². The zero-order valence-corrected chi connectivity index (χ0v) is 33.9. The third-order valence-electron chi connectivity index (χ3n) is 11.1. The van der Waals surface area contributed by atoms with E-state index < -0.39 is 53.0 Å². The smallest absolute Gasteiger partial charge is 0.416 e. The molecule has 1 saturated carbocycles. The van der Waals surface area contributed by atoms with Gasteiger partial charge in [0.1, 0.15) is 17.3 Å². The van der Waals surface area contributed by atoms with Gasteiger partial charge >= 0.3 is 18.5 Å². The molecule has 12 heteroatoms. The average Bonchev–Trinajstić information content (AvgIpc) is 3.27. The van der Waals surface area contributed by atoms with Crippen molar-refractivity contribution in [3.8, 4) is 0 Å². The first-order chi connectivity index (χ1) is 30.1. The maximum Gasteiger partial charge on any atom is 0.416 e. The van der Waals surface area contributed by atoms with Gasteiger partial charge in [0.25, 0.3) is 0 Å². The number of methoxy groups -OCH3 is 3. The van der Waals surface area contributed by atoms with Gasteiger partial charge in [-0.05, 0) is 69.8 Å². The topological polar surface area (TPSA) is 27.7 Å². The molecule has 0 N–H and O–H groups in total. The van der Waals surface area contributed by atoms with Gasteiger partial charge in [0.2, 0.25) is 0 Å². The van der Waals surface area contributed by atoms with E-state index in [1.807, 2.05) is 0 Å². The number of rotatable bonds is 9. The fraction of sp³-hybridized carbons (Fsp3) is 0.176. The summed E-state index contributed by atoms with van der Waals surface area (Å²) in [6, 6.07) is 40.0. The predicted octanol–water partition coefficient (Wildman–Crippen LogP) is 14.6. The lowest BCUT2D eigenvalue weighted by molar-refractivity contribution is -0.138. The molecule has 0 unspecified atom stereocenters. The van der Waals surface area contributed by atoms with Crippen molar-refractivity contribution in [3.63, 3.8) is 0 Å². The standard InChI is InChI=1S/C51H39F9O3/c1-61-46(34-13-7-4-8-14-34)43-40(31-19-25-37(26-20-31)49(52,53)54)44(47(62-2)35-15-9-5-10-16-35)42(33-23-29-39(30-24-33)51(58,59)60)45(48(63-3)36-17-11-6-12-18-36)41(43)32-21-27-38(28-22-32)50(55,56)57/h4-30,40-42H,1-3H3. The lowest BCUT2D eigenvalue weighted by Gasteiger charge is -2.45. The highest BCUT2D eigenvalue weighted by atomic mass is 19.4. The second-order valence-electron chi connectivity index (χ2n) is 14.7. The summed E-state index contributed by atoms with van der Waals surface area (Å²) in [5, 5.41) is 0. The minimum Gasteiger partial charge on any atom is -0.496 e. The molecule has 0 bridgehead atoms. The molecule has 0 radical (unpaired) electrons. The van der Waals surface area contributed by atoms with Crippen molar-refractivity contribution in [1.29, 1.82) is 0 Å². The number of halogens is 9.